The minimum Gasteiger partial charge on any atom is -0.381 e. The maximum atomic E-state index is 11.8. The summed E-state index contributed by atoms with van der Waals surface area (Å²) in [6.45, 7) is 6.94. The molecule has 0 atom stereocenters. The highest BCUT2D eigenvalue weighted by Crippen LogP contribution is 2.04. The topological polar surface area (TPSA) is 118 Å². The van der Waals surface area contributed by atoms with Gasteiger partial charge in [0.1, 0.15) is 0 Å². The third-order valence-corrected chi connectivity index (χ3v) is 3.53. The average molecular weight is 377 g/mol. The van der Waals surface area contributed by atoms with Crippen LogP contribution in [-0.2, 0) is 16.1 Å². The molecule has 0 aliphatic carbocycles. The van der Waals surface area contributed by atoms with Gasteiger partial charge in [-0.15, -0.1) is 0 Å². The highest BCUT2D eigenvalue weighted by Gasteiger charge is 2.06. The fraction of sp³-hybridized carbons (Fsp3) is 0.526. The van der Waals surface area contributed by atoms with Crippen LogP contribution < -0.4 is 21.7 Å². The Bertz CT molecular complexity index is 614. The Hall–Kier alpha value is -2.61. The summed E-state index contributed by atoms with van der Waals surface area (Å²) in [5.74, 6) is 0.357. The maximum Gasteiger partial charge on any atom is 0.251 e. The van der Waals surface area contributed by atoms with Crippen LogP contribution in [0.3, 0.4) is 0 Å². The van der Waals surface area contributed by atoms with Crippen molar-refractivity contribution in [1.82, 2.24) is 16.0 Å². The van der Waals surface area contributed by atoms with Gasteiger partial charge in [-0.1, -0.05) is 26.0 Å². The van der Waals surface area contributed by atoms with Gasteiger partial charge in [-0.2, -0.15) is 0 Å². The first-order valence-electron chi connectivity index (χ1n) is 9.10. The number of nitrogens with one attached hydrogen (secondary N) is 3. The van der Waals surface area contributed by atoms with Gasteiger partial charge in [-0.05, 0) is 30.0 Å². The van der Waals surface area contributed by atoms with Crippen LogP contribution in [-0.4, -0.2) is 51.1 Å². The first kappa shape index (κ1) is 22.4. The number of amides is 2. The number of primary amides is 1. The normalized spacial score (nSPS) is 11.3. The molecule has 0 bridgehead atoms. The van der Waals surface area contributed by atoms with Crippen LogP contribution in [0.25, 0.3) is 0 Å². The molecule has 5 N–H and O–H groups in total. The number of nitrogens with zero attached hydrogens (tertiary/aromatic N) is 1. The molecule has 0 heterocycles. The van der Waals surface area contributed by atoms with Crippen molar-refractivity contribution in [2.75, 3.05) is 33.4 Å². The zero-order chi connectivity index (χ0) is 20.1. The summed E-state index contributed by atoms with van der Waals surface area (Å²) in [5.41, 5.74) is 6.49. The molecular weight excluding hydrogens is 346 g/mol. The molecule has 0 radical (unpaired) electrons. The van der Waals surface area contributed by atoms with E-state index < -0.39 is 5.91 Å². The van der Waals surface area contributed by atoms with E-state index in [1.54, 1.807) is 19.2 Å². The molecule has 0 fully saturated rings. The summed E-state index contributed by atoms with van der Waals surface area (Å²) in [6.07, 6.45) is 0.905. The van der Waals surface area contributed by atoms with Gasteiger partial charge >= 0.3 is 0 Å². The fourth-order valence-electron chi connectivity index (χ4n) is 2.15. The SMILES string of the molecule is CN=C(NCCCOCC(C)C)NCc1ccc(C(=O)NCC(N)=O)cc1. The Morgan fingerprint density at radius 2 is 1.85 bits per heavy atom. The summed E-state index contributed by atoms with van der Waals surface area (Å²) in [7, 11) is 1.72. The van der Waals surface area contributed by atoms with Crippen molar-refractivity contribution in [1.29, 1.82) is 0 Å². The minimum absolute atomic E-state index is 0.174. The van der Waals surface area contributed by atoms with Gasteiger partial charge in [0.05, 0.1) is 6.54 Å². The quantitative estimate of drug-likeness (QED) is 0.256. The number of benzene rings is 1. The predicted octanol–water partition coefficient (Wildman–Crippen LogP) is 0.629. The number of hydrogen-bond donors (Lipinski definition) is 4. The van der Waals surface area contributed by atoms with Gasteiger partial charge < -0.3 is 26.4 Å². The van der Waals surface area contributed by atoms with Crippen LogP contribution in [0.15, 0.2) is 29.3 Å². The number of nitrogens with two attached hydrogens (primary N) is 1. The fourth-order valence-corrected chi connectivity index (χ4v) is 2.15. The second-order valence-electron chi connectivity index (χ2n) is 6.52. The third kappa shape index (κ3) is 10.2. The average Bonchev–Trinajstić information content (AvgIpc) is 2.65. The van der Waals surface area contributed by atoms with Crippen molar-refractivity contribution >= 4 is 17.8 Å². The lowest BCUT2D eigenvalue weighted by Crippen LogP contribution is -2.37. The van der Waals surface area contributed by atoms with E-state index in [1.165, 1.54) is 0 Å². The highest BCUT2D eigenvalue weighted by atomic mass is 16.5. The Kier molecular flexibility index (Phi) is 10.5. The Morgan fingerprint density at radius 1 is 1.15 bits per heavy atom. The predicted molar refractivity (Wildman–Crippen MR) is 106 cm³/mol. The van der Waals surface area contributed by atoms with Gasteiger partial charge in [-0.25, -0.2) is 0 Å². The number of rotatable bonds is 11. The van der Waals surface area contributed by atoms with Crippen LogP contribution in [0.2, 0.25) is 0 Å². The van der Waals surface area contributed by atoms with Crippen LogP contribution in [0.4, 0.5) is 0 Å². The van der Waals surface area contributed by atoms with Gasteiger partial charge in [-0.3, -0.25) is 14.6 Å². The van der Waals surface area contributed by atoms with Crippen LogP contribution in [0, 0.1) is 5.92 Å². The van der Waals surface area contributed by atoms with Gasteiger partial charge in [0.15, 0.2) is 5.96 Å². The molecule has 0 aliphatic rings. The zero-order valence-electron chi connectivity index (χ0n) is 16.4. The molecule has 1 aromatic carbocycles. The molecule has 0 saturated heterocycles. The summed E-state index contributed by atoms with van der Waals surface area (Å²) in [6, 6.07) is 7.10. The largest absolute Gasteiger partial charge is 0.381 e. The lowest BCUT2D eigenvalue weighted by atomic mass is 10.1. The summed E-state index contributed by atoms with van der Waals surface area (Å²) < 4.78 is 5.54. The molecule has 1 aromatic rings. The van der Waals surface area contributed by atoms with Crippen LogP contribution in [0.5, 0.6) is 0 Å². The molecule has 8 heteroatoms. The first-order chi connectivity index (χ1) is 12.9. The van der Waals surface area contributed by atoms with Gasteiger partial charge in [0.25, 0.3) is 5.91 Å². The summed E-state index contributed by atoms with van der Waals surface area (Å²) >= 11 is 0. The zero-order valence-corrected chi connectivity index (χ0v) is 16.4. The molecular formula is C19H31N5O3. The molecule has 0 saturated carbocycles. The second kappa shape index (κ2) is 12.7. The van der Waals surface area contributed by atoms with E-state index in [9.17, 15) is 9.59 Å². The summed E-state index contributed by atoms with van der Waals surface area (Å²) in [5, 5.41) is 8.91. The first-order valence-corrected chi connectivity index (χ1v) is 9.10. The van der Waals surface area contributed by atoms with Crippen molar-refractivity contribution in [2.45, 2.75) is 26.8 Å². The van der Waals surface area contributed by atoms with Crippen molar-refractivity contribution in [3.05, 3.63) is 35.4 Å². The minimum atomic E-state index is -0.575. The van der Waals surface area contributed by atoms with E-state index in [0.717, 1.165) is 31.7 Å². The lowest BCUT2D eigenvalue weighted by Gasteiger charge is -2.12. The lowest BCUT2D eigenvalue weighted by molar-refractivity contribution is -0.117. The van der Waals surface area contributed by atoms with E-state index in [0.29, 0.717) is 24.0 Å². The number of hydrogen-bond acceptors (Lipinski definition) is 4. The standard InChI is InChI=1S/C19H31N5O3/c1-14(2)13-27-10-4-9-22-19(21-3)24-11-15-5-7-16(8-6-15)18(26)23-12-17(20)25/h5-8,14H,4,9-13H2,1-3H3,(H2,20,25)(H,23,26)(H2,21,22,24). The second-order valence-corrected chi connectivity index (χ2v) is 6.52. The Morgan fingerprint density at radius 3 is 2.44 bits per heavy atom. The molecule has 150 valence electrons. The Labute approximate surface area is 160 Å². The number of aliphatic imine (C=N–C) groups is 1. The van der Waals surface area contributed by atoms with E-state index in [2.05, 4.69) is 34.8 Å². The van der Waals surface area contributed by atoms with Crippen LogP contribution >= 0.6 is 0 Å². The molecule has 0 unspecified atom stereocenters. The van der Waals surface area contributed by atoms with Crippen LogP contribution in [0.1, 0.15) is 36.2 Å². The van der Waals surface area contributed by atoms with E-state index in [4.69, 9.17) is 10.5 Å². The third-order valence-electron chi connectivity index (χ3n) is 3.53. The highest BCUT2D eigenvalue weighted by molar-refractivity contribution is 5.96. The molecule has 0 aliphatic heterocycles. The van der Waals surface area contributed by atoms with Crippen molar-refractivity contribution in [2.24, 2.45) is 16.6 Å². The smallest absolute Gasteiger partial charge is 0.251 e. The van der Waals surface area contributed by atoms with Crippen molar-refractivity contribution in [3.8, 4) is 0 Å². The monoisotopic (exact) mass is 377 g/mol. The van der Waals surface area contributed by atoms with E-state index >= 15 is 0 Å². The molecule has 8 nitrogen and oxygen atoms in total. The number of guanidine groups is 1. The number of ether oxygens (including phenoxy) is 1. The number of carbonyl (C=O) groups excluding carboxylic acids is 2. The number of carbonyl (C=O) groups is 2. The summed E-state index contributed by atoms with van der Waals surface area (Å²) in [4.78, 5) is 26.7. The maximum absolute atomic E-state index is 11.8. The van der Waals surface area contributed by atoms with Crippen molar-refractivity contribution in [3.63, 3.8) is 0 Å². The molecule has 2 amide bonds. The molecule has 0 spiro atoms. The van der Waals surface area contributed by atoms with E-state index in [-0.39, 0.29) is 12.5 Å². The molecule has 1 rings (SSSR count). The van der Waals surface area contributed by atoms with E-state index in [1.807, 2.05) is 12.1 Å². The van der Waals surface area contributed by atoms with Gasteiger partial charge in [0.2, 0.25) is 5.91 Å². The van der Waals surface area contributed by atoms with Crippen molar-refractivity contribution < 1.29 is 14.3 Å². The molecule has 0 aromatic heterocycles. The molecule has 27 heavy (non-hydrogen) atoms. The van der Waals surface area contributed by atoms with Gasteiger partial charge in [0, 0.05) is 38.9 Å². The Balaban J connectivity index is 2.32.